The number of nitrogens with zero attached hydrogens (tertiary/aromatic N) is 1. The van der Waals surface area contributed by atoms with Gasteiger partial charge in [-0.2, -0.15) is 0 Å². The van der Waals surface area contributed by atoms with Gasteiger partial charge >= 0.3 is 0 Å². The van der Waals surface area contributed by atoms with E-state index in [1.54, 1.807) is 29.2 Å². The number of likely N-dealkylation sites (tertiary alicyclic amines) is 1. The Morgan fingerprint density at radius 3 is 2.31 bits per heavy atom. The van der Waals surface area contributed by atoms with Crippen molar-refractivity contribution in [2.24, 2.45) is 11.7 Å². The molecule has 2 amide bonds. The third-order valence-corrected chi connectivity index (χ3v) is 4.56. The first kappa shape index (κ1) is 17.7. The number of anilines is 1. The number of carbonyl (C=O) groups is 2. The number of carbonyl (C=O) groups excluding carboxylic acids is 2. The molecule has 2 unspecified atom stereocenters. The molecule has 0 radical (unpaired) electrons. The van der Waals surface area contributed by atoms with Crippen LogP contribution in [0, 0.1) is 11.3 Å². The Kier molecular flexibility index (Phi) is 5.02. The van der Waals surface area contributed by atoms with Crippen LogP contribution in [0.4, 0.5) is 5.69 Å². The van der Waals surface area contributed by atoms with E-state index < -0.39 is 6.04 Å². The lowest BCUT2D eigenvalue weighted by Crippen LogP contribution is -2.43. The number of nitrogen functional groups attached to an aromatic ring is 1. The fraction of sp³-hybridized carbons (Fsp3) is 0.250. The van der Waals surface area contributed by atoms with E-state index in [1.165, 1.54) is 0 Å². The number of hydrogen-bond donors (Lipinski definition) is 3. The van der Waals surface area contributed by atoms with Crippen LogP contribution in [-0.4, -0.2) is 35.1 Å². The van der Waals surface area contributed by atoms with Crippen LogP contribution < -0.4 is 11.1 Å². The van der Waals surface area contributed by atoms with Gasteiger partial charge in [-0.3, -0.25) is 15.0 Å². The third-order valence-electron chi connectivity index (χ3n) is 4.56. The van der Waals surface area contributed by atoms with Crippen LogP contribution in [0.25, 0.3) is 0 Å². The number of hydrogen-bond acceptors (Lipinski definition) is 3. The predicted molar refractivity (Wildman–Crippen MR) is 101 cm³/mol. The van der Waals surface area contributed by atoms with Gasteiger partial charge in [0.15, 0.2) is 0 Å². The lowest BCUT2D eigenvalue weighted by Gasteiger charge is -2.24. The molecule has 1 aliphatic heterocycles. The van der Waals surface area contributed by atoms with Gasteiger partial charge < -0.3 is 16.0 Å². The summed E-state index contributed by atoms with van der Waals surface area (Å²) in [5, 5.41) is 10.3. The number of amides is 2. The minimum Gasteiger partial charge on any atom is -0.384 e. The highest BCUT2D eigenvalue weighted by molar-refractivity contribution is 6.02. The molecular formula is C20H22N4O2. The summed E-state index contributed by atoms with van der Waals surface area (Å²) in [6.45, 7) is 2.58. The zero-order chi connectivity index (χ0) is 18.7. The highest BCUT2D eigenvalue weighted by atomic mass is 16.2. The smallest absolute Gasteiger partial charge is 0.254 e. The van der Waals surface area contributed by atoms with Crippen molar-refractivity contribution in [1.29, 1.82) is 5.41 Å². The van der Waals surface area contributed by atoms with Crippen molar-refractivity contribution in [2.45, 2.75) is 19.4 Å². The maximum absolute atomic E-state index is 12.9. The summed E-state index contributed by atoms with van der Waals surface area (Å²) in [6.07, 6.45) is 0.635. The number of nitrogens with one attached hydrogen (secondary N) is 2. The molecule has 6 heteroatoms. The molecule has 0 bridgehead atoms. The highest BCUT2D eigenvalue weighted by Crippen LogP contribution is 2.26. The molecule has 2 atom stereocenters. The monoisotopic (exact) mass is 350 g/mol. The van der Waals surface area contributed by atoms with Crippen LogP contribution in [0.15, 0.2) is 54.6 Å². The van der Waals surface area contributed by atoms with Crippen molar-refractivity contribution in [3.05, 3.63) is 65.7 Å². The number of rotatable bonds is 4. The second-order valence-electron chi connectivity index (χ2n) is 6.66. The van der Waals surface area contributed by atoms with Gasteiger partial charge in [0.1, 0.15) is 11.9 Å². The number of benzene rings is 2. The van der Waals surface area contributed by atoms with E-state index in [4.69, 9.17) is 11.1 Å². The average molecular weight is 350 g/mol. The lowest BCUT2D eigenvalue weighted by atomic mass is 10.1. The summed E-state index contributed by atoms with van der Waals surface area (Å²) in [5.41, 5.74) is 7.22. The van der Waals surface area contributed by atoms with Crippen LogP contribution in [-0.2, 0) is 4.79 Å². The lowest BCUT2D eigenvalue weighted by molar-refractivity contribution is -0.119. The van der Waals surface area contributed by atoms with Gasteiger partial charge in [-0.25, -0.2) is 0 Å². The van der Waals surface area contributed by atoms with Crippen molar-refractivity contribution in [1.82, 2.24) is 4.90 Å². The van der Waals surface area contributed by atoms with E-state index in [2.05, 4.69) is 5.32 Å². The van der Waals surface area contributed by atoms with Crippen molar-refractivity contribution < 1.29 is 9.59 Å². The standard InChI is InChI=1S/C20H22N4O2/c1-13-11-17(19(25)23-16-5-3-2-4-6-16)24(12-13)20(26)15-9-7-14(8-10-15)18(21)22/h2-10,13,17H,11-12H2,1H3,(H3,21,22)(H,23,25). The predicted octanol–water partition coefficient (Wildman–Crippen LogP) is 2.46. The maximum Gasteiger partial charge on any atom is 0.254 e. The topological polar surface area (TPSA) is 99.3 Å². The summed E-state index contributed by atoms with van der Waals surface area (Å²) in [7, 11) is 0. The summed E-state index contributed by atoms with van der Waals surface area (Å²) < 4.78 is 0. The molecule has 4 N–H and O–H groups in total. The van der Waals surface area contributed by atoms with Crippen molar-refractivity contribution >= 4 is 23.3 Å². The Bertz CT molecular complexity index is 817. The first-order valence-corrected chi connectivity index (χ1v) is 8.57. The summed E-state index contributed by atoms with van der Waals surface area (Å²) in [4.78, 5) is 27.2. The zero-order valence-electron chi connectivity index (χ0n) is 14.6. The molecule has 0 aliphatic carbocycles. The minimum atomic E-state index is -0.495. The van der Waals surface area contributed by atoms with Crippen LogP contribution in [0.2, 0.25) is 0 Å². The normalized spacial score (nSPS) is 19.2. The van der Waals surface area contributed by atoms with Gasteiger partial charge in [0.2, 0.25) is 5.91 Å². The minimum absolute atomic E-state index is 0.0427. The second-order valence-corrected chi connectivity index (χ2v) is 6.66. The van der Waals surface area contributed by atoms with E-state index in [1.807, 2.05) is 37.3 Å². The fourth-order valence-corrected chi connectivity index (χ4v) is 3.22. The van der Waals surface area contributed by atoms with Crippen molar-refractivity contribution in [3.8, 4) is 0 Å². The summed E-state index contributed by atoms with van der Waals surface area (Å²) in [6, 6.07) is 15.3. The first-order valence-electron chi connectivity index (χ1n) is 8.57. The highest BCUT2D eigenvalue weighted by Gasteiger charge is 2.38. The molecule has 1 aliphatic rings. The van der Waals surface area contributed by atoms with E-state index in [-0.39, 0.29) is 23.6 Å². The molecular weight excluding hydrogens is 328 g/mol. The van der Waals surface area contributed by atoms with E-state index in [0.717, 1.165) is 5.69 Å². The third kappa shape index (κ3) is 3.74. The fourth-order valence-electron chi connectivity index (χ4n) is 3.22. The Morgan fingerprint density at radius 2 is 1.69 bits per heavy atom. The van der Waals surface area contributed by atoms with Gasteiger partial charge in [0.25, 0.3) is 5.91 Å². The van der Waals surface area contributed by atoms with Gasteiger partial charge in [-0.1, -0.05) is 37.3 Å². The molecule has 0 saturated carbocycles. The maximum atomic E-state index is 12.9. The second kappa shape index (κ2) is 7.39. The molecule has 6 nitrogen and oxygen atoms in total. The Labute approximate surface area is 152 Å². The quantitative estimate of drug-likeness (QED) is 0.583. The molecule has 0 aromatic heterocycles. The number of para-hydroxylation sites is 1. The molecule has 1 saturated heterocycles. The summed E-state index contributed by atoms with van der Waals surface area (Å²) >= 11 is 0. The van der Waals surface area contributed by atoms with Crippen molar-refractivity contribution in [3.63, 3.8) is 0 Å². The Morgan fingerprint density at radius 1 is 1.08 bits per heavy atom. The molecule has 2 aromatic rings. The Hall–Kier alpha value is -3.15. The number of amidine groups is 1. The van der Waals surface area contributed by atoms with Gasteiger partial charge in [0, 0.05) is 23.4 Å². The molecule has 2 aromatic carbocycles. The van der Waals surface area contributed by atoms with Crippen LogP contribution in [0.3, 0.4) is 0 Å². The van der Waals surface area contributed by atoms with Crippen molar-refractivity contribution in [2.75, 3.05) is 11.9 Å². The average Bonchev–Trinajstić information content (AvgIpc) is 3.04. The molecule has 0 spiro atoms. The zero-order valence-corrected chi connectivity index (χ0v) is 14.6. The molecule has 1 fully saturated rings. The first-order chi connectivity index (χ1) is 12.5. The van der Waals surface area contributed by atoms with E-state index in [0.29, 0.717) is 24.1 Å². The molecule has 3 rings (SSSR count). The van der Waals surface area contributed by atoms with Crippen LogP contribution >= 0.6 is 0 Å². The van der Waals surface area contributed by atoms with E-state index in [9.17, 15) is 9.59 Å². The van der Waals surface area contributed by atoms with Gasteiger partial charge in [-0.15, -0.1) is 0 Å². The Balaban J connectivity index is 1.77. The molecule has 134 valence electrons. The molecule has 1 heterocycles. The number of nitrogens with two attached hydrogens (primary N) is 1. The van der Waals surface area contributed by atoms with Crippen LogP contribution in [0.5, 0.6) is 0 Å². The van der Waals surface area contributed by atoms with E-state index >= 15 is 0 Å². The largest absolute Gasteiger partial charge is 0.384 e. The van der Waals surface area contributed by atoms with Crippen LogP contribution in [0.1, 0.15) is 29.3 Å². The molecule has 26 heavy (non-hydrogen) atoms. The van der Waals surface area contributed by atoms with Gasteiger partial charge in [-0.05, 0) is 36.6 Å². The summed E-state index contributed by atoms with van der Waals surface area (Å²) in [5.74, 6) is -0.146. The SMILES string of the molecule is CC1CC(C(=O)Nc2ccccc2)N(C(=O)c2ccc(C(=N)N)cc2)C1. The van der Waals surface area contributed by atoms with Gasteiger partial charge in [0.05, 0.1) is 0 Å².